The third kappa shape index (κ3) is 3.49. The van der Waals surface area contributed by atoms with E-state index in [2.05, 4.69) is 6.07 Å². The molecule has 0 spiro atoms. The lowest BCUT2D eigenvalue weighted by Crippen LogP contribution is -2.49. The van der Waals surface area contributed by atoms with Crippen LogP contribution in [0.2, 0.25) is 0 Å². The molecule has 0 atom stereocenters. The Morgan fingerprint density at radius 2 is 1.81 bits per heavy atom. The molecular weight excluding hydrogens is 347 g/mol. The summed E-state index contributed by atoms with van der Waals surface area (Å²) in [5, 5.41) is 8.91. The van der Waals surface area contributed by atoms with Crippen molar-refractivity contribution < 1.29 is 9.18 Å². The van der Waals surface area contributed by atoms with E-state index >= 15 is 0 Å². The van der Waals surface area contributed by atoms with Gasteiger partial charge in [-0.25, -0.2) is 4.39 Å². The molecule has 5 rings (SSSR count). The van der Waals surface area contributed by atoms with Crippen molar-refractivity contribution in [2.24, 2.45) is 17.8 Å². The van der Waals surface area contributed by atoms with E-state index in [1.54, 1.807) is 18.2 Å². The molecule has 0 unspecified atom stereocenters. The second-order valence-electron chi connectivity index (χ2n) is 8.29. The van der Waals surface area contributed by atoms with Gasteiger partial charge in [0.2, 0.25) is 5.91 Å². The molecule has 1 amide bonds. The van der Waals surface area contributed by atoms with Gasteiger partial charge in [-0.3, -0.25) is 4.79 Å². The zero-order valence-corrected chi connectivity index (χ0v) is 15.8. The molecule has 4 aliphatic carbocycles. The van der Waals surface area contributed by atoms with Crippen molar-refractivity contribution in [2.45, 2.75) is 49.7 Å². The molecule has 0 aromatic heterocycles. The van der Waals surface area contributed by atoms with Crippen LogP contribution in [0.15, 0.2) is 24.3 Å². The van der Waals surface area contributed by atoms with Gasteiger partial charge in [-0.2, -0.15) is 5.26 Å². The van der Waals surface area contributed by atoms with E-state index in [-0.39, 0.29) is 23.6 Å². The van der Waals surface area contributed by atoms with E-state index in [0.29, 0.717) is 11.4 Å². The van der Waals surface area contributed by atoms with Crippen LogP contribution in [0.25, 0.3) is 0 Å². The summed E-state index contributed by atoms with van der Waals surface area (Å²) in [5.41, 5.74) is 0.291. The Bertz CT molecular complexity index is 694. The standard InChI is InChI=1S/C21H25FN2OS/c22-18-4-1-2-5-19(18)24(7-3-6-23)20(25)14-26-21-11-15-8-16(12-21)10-17(9-15)13-21/h1-2,4-5,15-17H,3,7-14H2. The number of nitriles is 1. The fourth-order valence-electron chi connectivity index (χ4n) is 5.71. The molecule has 0 N–H and O–H groups in total. The minimum absolute atomic E-state index is 0.0777. The molecule has 0 radical (unpaired) electrons. The number of hydrogen-bond acceptors (Lipinski definition) is 3. The fourth-order valence-corrected chi connectivity index (χ4v) is 7.36. The van der Waals surface area contributed by atoms with Crippen LogP contribution >= 0.6 is 11.8 Å². The maximum absolute atomic E-state index is 14.2. The van der Waals surface area contributed by atoms with Crippen LogP contribution in [-0.4, -0.2) is 23.0 Å². The first-order valence-corrected chi connectivity index (χ1v) is 10.6. The van der Waals surface area contributed by atoms with Gasteiger partial charge < -0.3 is 4.90 Å². The van der Waals surface area contributed by atoms with Crippen molar-refractivity contribution in [1.29, 1.82) is 5.26 Å². The van der Waals surface area contributed by atoms with Gasteiger partial charge in [0.1, 0.15) is 5.82 Å². The first-order chi connectivity index (χ1) is 12.6. The number of hydrogen-bond donors (Lipinski definition) is 0. The molecular formula is C21H25FN2OS. The van der Waals surface area contributed by atoms with E-state index in [1.165, 1.54) is 49.5 Å². The molecule has 3 nitrogen and oxygen atoms in total. The Kier molecular flexibility index (Phi) is 4.96. The Morgan fingerprint density at radius 1 is 1.19 bits per heavy atom. The summed E-state index contributed by atoms with van der Waals surface area (Å²) in [6.07, 6.45) is 8.10. The third-order valence-corrected chi connectivity index (χ3v) is 7.88. The summed E-state index contributed by atoms with van der Waals surface area (Å²) in [4.78, 5) is 14.4. The zero-order chi connectivity index (χ0) is 18.1. The van der Waals surface area contributed by atoms with E-state index in [1.807, 2.05) is 11.8 Å². The van der Waals surface area contributed by atoms with Gasteiger partial charge in [-0.05, 0) is 68.4 Å². The minimum Gasteiger partial charge on any atom is -0.308 e. The average molecular weight is 373 g/mol. The summed E-state index contributed by atoms with van der Waals surface area (Å²) in [6, 6.07) is 8.42. The lowest BCUT2D eigenvalue weighted by molar-refractivity contribution is -0.116. The number of para-hydroxylation sites is 1. The molecule has 4 bridgehead atoms. The van der Waals surface area contributed by atoms with Crippen molar-refractivity contribution in [3.05, 3.63) is 30.1 Å². The number of carbonyl (C=O) groups is 1. The zero-order valence-electron chi connectivity index (χ0n) is 15.0. The maximum Gasteiger partial charge on any atom is 0.237 e. The van der Waals surface area contributed by atoms with Crippen molar-refractivity contribution in [2.75, 3.05) is 17.2 Å². The molecule has 4 aliphatic rings. The molecule has 5 heteroatoms. The minimum atomic E-state index is -0.404. The van der Waals surface area contributed by atoms with Gasteiger partial charge in [0.15, 0.2) is 0 Å². The third-order valence-electron chi connectivity index (χ3n) is 6.38. The fraction of sp³-hybridized carbons (Fsp3) is 0.619. The normalized spacial score (nSPS) is 31.6. The number of thioether (sulfide) groups is 1. The average Bonchev–Trinajstić information content (AvgIpc) is 2.60. The lowest BCUT2D eigenvalue weighted by Gasteiger charge is -2.56. The Hall–Kier alpha value is -1.54. The molecule has 4 fully saturated rings. The van der Waals surface area contributed by atoms with E-state index in [4.69, 9.17) is 5.26 Å². The van der Waals surface area contributed by atoms with Gasteiger partial charge in [-0.1, -0.05) is 12.1 Å². The number of rotatable bonds is 6. The maximum atomic E-state index is 14.2. The predicted molar refractivity (Wildman–Crippen MR) is 102 cm³/mol. The number of nitrogens with zero attached hydrogens (tertiary/aromatic N) is 2. The molecule has 0 heterocycles. The van der Waals surface area contributed by atoms with Crippen LogP contribution in [0.4, 0.5) is 10.1 Å². The highest BCUT2D eigenvalue weighted by atomic mass is 32.2. The molecule has 4 saturated carbocycles. The largest absolute Gasteiger partial charge is 0.308 e. The molecule has 0 saturated heterocycles. The van der Waals surface area contributed by atoms with Crippen LogP contribution in [0, 0.1) is 34.9 Å². The topological polar surface area (TPSA) is 44.1 Å². The van der Waals surface area contributed by atoms with E-state index in [0.717, 1.165) is 17.8 Å². The summed E-state index contributed by atoms with van der Waals surface area (Å²) in [7, 11) is 0. The number of anilines is 1. The van der Waals surface area contributed by atoms with Crippen molar-refractivity contribution in [1.82, 2.24) is 0 Å². The van der Waals surface area contributed by atoms with Crippen LogP contribution < -0.4 is 4.90 Å². The van der Waals surface area contributed by atoms with Crippen molar-refractivity contribution in [3.8, 4) is 6.07 Å². The molecule has 138 valence electrons. The van der Waals surface area contributed by atoms with Gasteiger partial charge in [-0.15, -0.1) is 11.8 Å². The Balaban J connectivity index is 1.45. The van der Waals surface area contributed by atoms with Gasteiger partial charge in [0.25, 0.3) is 0 Å². The van der Waals surface area contributed by atoms with Crippen LogP contribution in [0.5, 0.6) is 0 Å². The molecule has 26 heavy (non-hydrogen) atoms. The second-order valence-corrected chi connectivity index (χ2v) is 9.74. The van der Waals surface area contributed by atoms with Crippen molar-refractivity contribution in [3.63, 3.8) is 0 Å². The SMILES string of the molecule is N#CCCN(C(=O)CSC12CC3CC(CC(C3)C1)C2)c1ccccc1F. The monoisotopic (exact) mass is 372 g/mol. The highest BCUT2D eigenvalue weighted by molar-refractivity contribution is 8.01. The van der Waals surface area contributed by atoms with Crippen molar-refractivity contribution >= 4 is 23.4 Å². The van der Waals surface area contributed by atoms with Crippen LogP contribution in [0.3, 0.4) is 0 Å². The lowest BCUT2D eigenvalue weighted by atomic mass is 9.56. The number of benzene rings is 1. The highest BCUT2D eigenvalue weighted by Crippen LogP contribution is 2.60. The molecule has 1 aromatic carbocycles. The summed E-state index contributed by atoms with van der Waals surface area (Å²) in [6.45, 7) is 0.248. The quantitative estimate of drug-likeness (QED) is 0.722. The molecule has 0 aliphatic heterocycles. The number of carbonyl (C=O) groups excluding carboxylic acids is 1. The summed E-state index contributed by atoms with van der Waals surface area (Å²) >= 11 is 1.81. The van der Waals surface area contributed by atoms with Crippen LogP contribution in [-0.2, 0) is 4.79 Å². The summed E-state index contributed by atoms with van der Waals surface area (Å²) < 4.78 is 14.5. The van der Waals surface area contributed by atoms with E-state index < -0.39 is 5.82 Å². The Morgan fingerprint density at radius 3 is 2.38 bits per heavy atom. The Labute approximate surface area is 158 Å². The first-order valence-electron chi connectivity index (χ1n) is 9.64. The first kappa shape index (κ1) is 17.9. The van der Waals surface area contributed by atoms with Gasteiger partial charge in [0.05, 0.1) is 23.9 Å². The second kappa shape index (κ2) is 7.23. The summed E-state index contributed by atoms with van der Waals surface area (Å²) in [5.74, 6) is 2.45. The molecule has 1 aromatic rings. The highest BCUT2D eigenvalue weighted by Gasteiger charge is 2.51. The number of halogens is 1. The van der Waals surface area contributed by atoms with E-state index in [9.17, 15) is 9.18 Å². The smallest absolute Gasteiger partial charge is 0.237 e. The van der Waals surface area contributed by atoms with Crippen LogP contribution in [0.1, 0.15) is 44.9 Å². The van der Waals surface area contributed by atoms with Gasteiger partial charge in [0, 0.05) is 11.3 Å². The number of amides is 1. The van der Waals surface area contributed by atoms with Gasteiger partial charge >= 0.3 is 0 Å². The predicted octanol–water partition coefficient (Wildman–Crippen LogP) is 4.77.